The molecule has 78 valence electrons. The molecule has 0 amide bonds. The summed E-state index contributed by atoms with van der Waals surface area (Å²) in [4.78, 5) is 0. The van der Waals surface area contributed by atoms with Gasteiger partial charge in [0, 0.05) is 12.1 Å². The molecule has 0 aliphatic carbocycles. The SMILES string of the molecule is CC(C)c1cnoc1C1COCCN1. The van der Waals surface area contributed by atoms with E-state index in [0.717, 1.165) is 18.9 Å². The fourth-order valence-corrected chi connectivity index (χ4v) is 1.69. The monoisotopic (exact) mass is 196 g/mol. The van der Waals surface area contributed by atoms with Gasteiger partial charge in [-0.2, -0.15) is 0 Å². The number of hydrogen-bond donors (Lipinski definition) is 1. The third-order valence-electron chi connectivity index (χ3n) is 2.49. The van der Waals surface area contributed by atoms with E-state index >= 15 is 0 Å². The van der Waals surface area contributed by atoms with E-state index in [9.17, 15) is 0 Å². The quantitative estimate of drug-likeness (QED) is 0.778. The van der Waals surface area contributed by atoms with Crippen LogP contribution in [0.4, 0.5) is 0 Å². The van der Waals surface area contributed by atoms with Crippen molar-refractivity contribution in [2.75, 3.05) is 19.8 Å². The third kappa shape index (κ3) is 1.81. The summed E-state index contributed by atoms with van der Waals surface area (Å²) in [5.41, 5.74) is 1.17. The van der Waals surface area contributed by atoms with Crippen molar-refractivity contribution in [2.24, 2.45) is 0 Å². The maximum absolute atomic E-state index is 5.39. The molecule has 2 rings (SSSR count). The van der Waals surface area contributed by atoms with E-state index in [0.29, 0.717) is 12.5 Å². The lowest BCUT2D eigenvalue weighted by atomic mass is 10.0. The minimum atomic E-state index is 0.170. The van der Waals surface area contributed by atoms with Crippen molar-refractivity contribution in [3.8, 4) is 0 Å². The normalized spacial score (nSPS) is 22.9. The molecule has 1 aromatic rings. The summed E-state index contributed by atoms with van der Waals surface area (Å²) in [5, 5.41) is 7.21. The van der Waals surface area contributed by atoms with Crippen LogP contribution < -0.4 is 5.32 Å². The molecular weight excluding hydrogens is 180 g/mol. The summed E-state index contributed by atoms with van der Waals surface area (Å²) in [5.74, 6) is 1.37. The minimum absolute atomic E-state index is 0.170. The molecule has 0 saturated carbocycles. The predicted octanol–water partition coefficient (Wildman–Crippen LogP) is 1.46. The zero-order chi connectivity index (χ0) is 9.97. The van der Waals surface area contributed by atoms with E-state index in [1.165, 1.54) is 5.56 Å². The molecule has 0 radical (unpaired) electrons. The summed E-state index contributed by atoms with van der Waals surface area (Å²) in [6, 6.07) is 0.170. The van der Waals surface area contributed by atoms with Gasteiger partial charge < -0.3 is 14.6 Å². The standard InChI is InChI=1S/C10H16N2O2/c1-7(2)8-5-12-14-10(8)9-6-13-4-3-11-9/h5,7,9,11H,3-4,6H2,1-2H3. The Morgan fingerprint density at radius 2 is 2.43 bits per heavy atom. The molecule has 4 heteroatoms. The van der Waals surface area contributed by atoms with Crippen molar-refractivity contribution < 1.29 is 9.26 Å². The van der Waals surface area contributed by atoms with Crippen LogP contribution in [0, 0.1) is 0 Å². The molecule has 1 atom stereocenters. The summed E-state index contributed by atoms with van der Waals surface area (Å²) >= 11 is 0. The summed E-state index contributed by atoms with van der Waals surface area (Å²) in [6.07, 6.45) is 1.80. The number of hydrogen-bond acceptors (Lipinski definition) is 4. The van der Waals surface area contributed by atoms with Crippen molar-refractivity contribution in [3.63, 3.8) is 0 Å². The van der Waals surface area contributed by atoms with Gasteiger partial charge in [-0.25, -0.2) is 0 Å². The molecule has 1 fully saturated rings. The molecule has 1 N–H and O–H groups in total. The van der Waals surface area contributed by atoms with Gasteiger partial charge in [0.05, 0.1) is 25.5 Å². The Kier molecular flexibility index (Phi) is 2.84. The summed E-state index contributed by atoms with van der Waals surface area (Å²) < 4.78 is 10.7. The molecule has 0 bridgehead atoms. The van der Waals surface area contributed by atoms with Gasteiger partial charge in [-0.05, 0) is 5.92 Å². The Morgan fingerprint density at radius 1 is 1.57 bits per heavy atom. The van der Waals surface area contributed by atoms with Crippen LogP contribution in [-0.2, 0) is 4.74 Å². The average molecular weight is 196 g/mol. The predicted molar refractivity (Wildman–Crippen MR) is 52.2 cm³/mol. The Bertz CT molecular complexity index is 290. The minimum Gasteiger partial charge on any atom is -0.378 e. The van der Waals surface area contributed by atoms with Gasteiger partial charge >= 0.3 is 0 Å². The number of nitrogens with one attached hydrogen (secondary N) is 1. The first-order valence-electron chi connectivity index (χ1n) is 5.04. The lowest BCUT2D eigenvalue weighted by Crippen LogP contribution is -2.34. The lowest BCUT2D eigenvalue weighted by Gasteiger charge is -2.22. The highest BCUT2D eigenvalue weighted by Gasteiger charge is 2.23. The number of nitrogens with zero attached hydrogens (tertiary/aromatic N) is 1. The Balaban J connectivity index is 2.17. The van der Waals surface area contributed by atoms with Crippen molar-refractivity contribution in [3.05, 3.63) is 17.5 Å². The van der Waals surface area contributed by atoms with Crippen LogP contribution in [-0.4, -0.2) is 24.9 Å². The molecule has 14 heavy (non-hydrogen) atoms. The van der Waals surface area contributed by atoms with Gasteiger partial charge in [0.1, 0.15) is 0 Å². The van der Waals surface area contributed by atoms with Gasteiger partial charge in [0.15, 0.2) is 5.76 Å². The second-order valence-electron chi connectivity index (χ2n) is 3.88. The molecule has 1 unspecified atom stereocenters. The number of rotatable bonds is 2. The summed E-state index contributed by atoms with van der Waals surface area (Å²) in [7, 11) is 0. The molecule has 1 aliphatic heterocycles. The van der Waals surface area contributed by atoms with E-state index in [2.05, 4.69) is 24.3 Å². The van der Waals surface area contributed by atoms with Crippen molar-refractivity contribution >= 4 is 0 Å². The lowest BCUT2D eigenvalue weighted by molar-refractivity contribution is 0.0672. The van der Waals surface area contributed by atoms with Crippen LogP contribution in [0.3, 0.4) is 0 Å². The Labute approximate surface area is 83.6 Å². The first kappa shape index (κ1) is 9.68. The van der Waals surface area contributed by atoms with E-state index in [4.69, 9.17) is 9.26 Å². The number of ether oxygens (including phenoxy) is 1. The van der Waals surface area contributed by atoms with Crippen LogP contribution in [0.5, 0.6) is 0 Å². The van der Waals surface area contributed by atoms with E-state index in [1.807, 2.05) is 0 Å². The van der Waals surface area contributed by atoms with Crippen molar-refractivity contribution in [2.45, 2.75) is 25.8 Å². The first-order chi connectivity index (χ1) is 6.79. The molecule has 0 spiro atoms. The van der Waals surface area contributed by atoms with Crippen molar-refractivity contribution in [1.82, 2.24) is 10.5 Å². The van der Waals surface area contributed by atoms with E-state index in [1.54, 1.807) is 6.20 Å². The fourth-order valence-electron chi connectivity index (χ4n) is 1.69. The molecular formula is C10H16N2O2. The molecule has 1 aliphatic rings. The van der Waals surface area contributed by atoms with Gasteiger partial charge in [-0.15, -0.1) is 0 Å². The first-order valence-corrected chi connectivity index (χ1v) is 5.04. The van der Waals surface area contributed by atoms with E-state index in [-0.39, 0.29) is 6.04 Å². The van der Waals surface area contributed by atoms with Crippen LogP contribution in [0.25, 0.3) is 0 Å². The van der Waals surface area contributed by atoms with Crippen LogP contribution in [0.15, 0.2) is 10.7 Å². The van der Waals surface area contributed by atoms with Crippen LogP contribution in [0.1, 0.15) is 37.1 Å². The maximum atomic E-state index is 5.39. The fraction of sp³-hybridized carbons (Fsp3) is 0.700. The molecule has 1 aromatic heterocycles. The third-order valence-corrected chi connectivity index (χ3v) is 2.49. The molecule has 2 heterocycles. The van der Waals surface area contributed by atoms with E-state index < -0.39 is 0 Å². The topological polar surface area (TPSA) is 47.3 Å². The van der Waals surface area contributed by atoms with Crippen molar-refractivity contribution in [1.29, 1.82) is 0 Å². The Morgan fingerprint density at radius 3 is 3.07 bits per heavy atom. The smallest absolute Gasteiger partial charge is 0.159 e. The van der Waals surface area contributed by atoms with Gasteiger partial charge in [-0.3, -0.25) is 0 Å². The maximum Gasteiger partial charge on any atom is 0.159 e. The summed E-state index contributed by atoms with van der Waals surface area (Å²) in [6.45, 7) is 6.61. The van der Waals surface area contributed by atoms with Gasteiger partial charge in [0.2, 0.25) is 0 Å². The molecule has 1 saturated heterocycles. The second kappa shape index (κ2) is 4.11. The highest BCUT2D eigenvalue weighted by molar-refractivity contribution is 5.21. The van der Waals surface area contributed by atoms with Crippen LogP contribution in [0.2, 0.25) is 0 Å². The molecule has 0 aromatic carbocycles. The highest BCUT2D eigenvalue weighted by atomic mass is 16.5. The van der Waals surface area contributed by atoms with Gasteiger partial charge in [-0.1, -0.05) is 19.0 Å². The molecule has 4 nitrogen and oxygen atoms in total. The average Bonchev–Trinajstić information content (AvgIpc) is 2.67. The number of aromatic nitrogens is 1. The van der Waals surface area contributed by atoms with Gasteiger partial charge in [0.25, 0.3) is 0 Å². The Hall–Kier alpha value is -0.870. The largest absolute Gasteiger partial charge is 0.378 e. The second-order valence-corrected chi connectivity index (χ2v) is 3.88. The highest BCUT2D eigenvalue weighted by Crippen LogP contribution is 2.25. The number of morpholine rings is 1. The zero-order valence-electron chi connectivity index (χ0n) is 8.62. The zero-order valence-corrected chi connectivity index (χ0v) is 8.62. The van der Waals surface area contributed by atoms with Crippen LogP contribution >= 0.6 is 0 Å².